The SMILES string of the molecule is CC1(C)O[C@@H]([C@@H](O)c2cc3ccccc3n2S(=O)(=O)c2ccccc2)[C@@H]([C@H](O)CO[Si](c2ccccc2)(c2ccccc2)C(C)(C)C)O1. The smallest absolute Gasteiger partial charge is 0.268 e. The number of ether oxygens (including phenoxy) is 2. The largest absolute Gasteiger partial charge is 0.405 e. The summed E-state index contributed by atoms with van der Waals surface area (Å²) in [6, 6.07) is 37.0. The van der Waals surface area contributed by atoms with Gasteiger partial charge in [-0.05, 0) is 53.5 Å². The highest BCUT2D eigenvalue weighted by atomic mass is 32.2. The second kappa shape index (κ2) is 13.0. The van der Waals surface area contributed by atoms with E-state index in [0.717, 1.165) is 10.4 Å². The van der Waals surface area contributed by atoms with Crippen LogP contribution in [0.15, 0.2) is 126 Å². The van der Waals surface area contributed by atoms with E-state index in [2.05, 4.69) is 45.0 Å². The summed E-state index contributed by atoms with van der Waals surface area (Å²) >= 11 is 0. The lowest BCUT2D eigenvalue weighted by Crippen LogP contribution is -2.67. The number of nitrogens with zero attached hydrogens (tertiary/aromatic N) is 1. The molecule has 1 aromatic heterocycles. The molecule has 10 heteroatoms. The van der Waals surface area contributed by atoms with Gasteiger partial charge < -0.3 is 24.1 Å². The fraction of sp³-hybridized carbons (Fsp3) is 0.316. The van der Waals surface area contributed by atoms with Gasteiger partial charge in [-0.1, -0.05) is 118 Å². The topological polar surface area (TPSA) is 107 Å². The van der Waals surface area contributed by atoms with Crippen LogP contribution in [0.4, 0.5) is 0 Å². The van der Waals surface area contributed by atoms with Gasteiger partial charge in [0, 0.05) is 5.39 Å². The third kappa shape index (κ3) is 6.18. The summed E-state index contributed by atoms with van der Waals surface area (Å²) in [4.78, 5) is 0.0824. The number of hydrogen-bond donors (Lipinski definition) is 2. The molecule has 0 amide bonds. The van der Waals surface area contributed by atoms with E-state index < -0.39 is 48.5 Å². The summed E-state index contributed by atoms with van der Waals surface area (Å²) in [6.45, 7) is 9.77. The van der Waals surface area contributed by atoms with Crippen LogP contribution in [0.2, 0.25) is 5.04 Å². The minimum Gasteiger partial charge on any atom is -0.405 e. The molecule has 48 heavy (non-hydrogen) atoms. The number of aromatic nitrogens is 1. The minimum absolute atomic E-state index is 0.0824. The molecule has 4 atom stereocenters. The third-order valence-electron chi connectivity index (χ3n) is 9.02. The van der Waals surface area contributed by atoms with Gasteiger partial charge in [-0.25, -0.2) is 12.4 Å². The Hall–Kier alpha value is -3.61. The van der Waals surface area contributed by atoms with Crippen LogP contribution in [0.5, 0.6) is 0 Å². The standard InChI is InChI=1S/C38H43NO7SSi/c1-37(2,3)48(29-20-11-7-12-21-29,30-22-13-8-14-23-30)44-26-33(40)35-36(46-38(4,5)45-35)34(41)32-25-27-17-15-16-24-31(27)39(32)47(42,43)28-18-9-6-10-19-28/h6-25,33-36,40-41H,26H2,1-5H3/t33-,34+,35-,36+/m1/s1. The molecule has 8 nitrogen and oxygen atoms in total. The molecule has 1 aliphatic rings. The van der Waals surface area contributed by atoms with E-state index in [1.54, 1.807) is 56.3 Å². The molecule has 2 N–H and O–H groups in total. The molecule has 2 heterocycles. The predicted molar refractivity (Wildman–Crippen MR) is 189 cm³/mol. The number of aliphatic hydroxyl groups excluding tert-OH is 2. The molecule has 1 saturated heterocycles. The highest BCUT2D eigenvalue weighted by Crippen LogP contribution is 2.41. The van der Waals surface area contributed by atoms with E-state index in [4.69, 9.17) is 13.9 Å². The first-order chi connectivity index (χ1) is 22.8. The van der Waals surface area contributed by atoms with Crippen molar-refractivity contribution in [3.05, 3.63) is 127 Å². The minimum atomic E-state index is -4.12. The van der Waals surface area contributed by atoms with Crippen molar-refractivity contribution in [2.45, 2.75) is 74.8 Å². The van der Waals surface area contributed by atoms with Crippen molar-refractivity contribution in [3.8, 4) is 0 Å². The Morgan fingerprint density at radius 3 is 1.85 bits per heavy atom. The molecule has 5 aromatic rings. The molecule has 0 spiro atoms. The number of fused-ring (bicyclic) bond motifs is 1. The van der Waals surface area contributed by atoms with Gasteiger partial charge in [0.05, 0.1) is 22.7 Å². The van der Waals surface area contributed by atoms with E-state index in [1.807, 2.05) is 42.5 Å². The Kier molecular flexibility index (Phi) is 9.29. The first kappa shape index (κ1) is 34.3. The molecule has 0 aliphatic carbocycles. The Labute approximate surface area is 283 Å². The average molecular weight is 686 g/mol. The predicted octanol–water partition coefficient (Wildman–Crippen LogP) is 5.37. The van der Waals surface area contributed by atoms with Gasteiger partial charge in [0.1, 0.15) is 24.4 Å². The lowest BCUT2D eigenvalue weighted by Gasteiger charge is -2.43. The maximum absolute atomic E-state index is 14.1. The fourth-order valence-electron chi connectivity index (χ4n) is 6.92. The van der Waals surface area contributed by atoms with Gasteiger partial charge in [-0.2, -0.15) is 0 Å². The van der Waals surface area contributed by atoms with E-state index in [9.17, 15) is 18.6 Å². The zero-order chi connectivity index (χ0) is 34.3. The van der Waals surface area contributed by atoms with Crippen molar-refractivity contribution in [3.63, 3.8) is 0 Å². The molecule has 1 aliphatic heterocycles. The van der Waals surface area contributed by atoms with Crippen LogP contribution < -0.4 is 10.4 Å². The summed E-state index contributed by atoms with van der Waals surface area (Å²) in [7, 11) is -7.13. The normalized spacial score (nSPS) is 19.7. The van der Waals surface area contributed by atoms with E-state index in [1.165, 1.54) is 16.1 Å². The molecule has 4 aromatic carbocycles. The van der Waals surface area contributed by atoms with E-state index in [0.29, 0.717) is 10.9 Å². The van der Waals surface area contributed by atoms with Gasteiger partial charge in [-0.3, -0.25) is 0 Å². The fourth-order valence-corrected chi connectivity index (χ4v) is 13.1. The number of para-hydroxylation sites is 1. The molecule has 0 bridgehead atoms. The summed E-state index contributed by atoms with van der Waals surface area (Å²) < 4.78 is 48.8. The van der Waals surface area contributed by atoms with Crippen molar-refractivity contribution >= 4 is 39.6 Å². The number of hydrogen-bond acceptors (Lipinski definition) is 7. The van der Waals surface area contributed by atoms with Gasteiger partial charge in [0.15, 0.2) is 5.79 Å². The molecular weight excluding hydrogens is 643 g/mol. The third-order valence-corrected chi connectivity index (χ3v) is 15.8. The highest BCUT2D eigenvalue weighted by Gasteiger charge is 2.53. The Morgan fingerprint density at radius 1 is 0.792 bits per heavy atom. The Balaban J connectivity index is 1.38. The zero-order valence-corrected chi connectivity index (χ0v) is 29.7. The number of rotatable bonds is 10. The number of benzene rings is 4. The van der Waals surface area contributed by atoms with E-state index >= 15 is 0 Å². The highest BCUT2D eigenvalue weighted by molar-refractivity contribution is 7.90. The van der Waals surface area contributed by atoms with Crippen molar-refractivity contribution in [2.24, 2.45) is 0 Å². The second-order valence-corrected chi connectivity index (χ2v) is 19.9. The molecule has 6 rings (SSSR count). The van der Waals surface area contributed by atoms with Gasteiger partial charge >= 0.3 is 0 Å². The van der Waals surface area contributed by atoms with Crippen LogP contribution in [0, 0.1) is 0 Å². The molecule has 252 valence electrons. The van der Waals surface area contributed by atoms with Gasteiger partial charge in [0.2, 0.25) is 0 Å². The summed E-state index contributed by atoms with van der Waals surface area (Å²) in [5.74, 6) is -1.18. The van der Waals surface area contributed by atoms with Crippen molar-refractivity contribution in [1.82, 2.24) is 3.97 Å². The van der Waals surface area contributed by atoms with Crippen molar-refractivity contribution in [1.29, 1.82) is 0 Å². The first-order valence-corrected chi connectivity index (χ1v) is 19.5. The second-order valence-electron chi connectivity index (χ2n) is 13.8. The molecule has 1 fully saturated rings. The van der Waals surface area contributed by atoms with Crippen molar-refractivity contribution in [2.75, 3.05) is 6.61 Å². The first-order valence-electron chi connectivity index (χ1n) is 16.1. The molecule has 0 saturated carbocycles. The van der Waals surface area contributed by atoms with Crippen LogP contribution in [-0.4, -0.2) is 61.6 Å². The van der Waals surface area contributed by atoms with Crippen LogP contribution in [-0.2, 0) is 23.9 Å². The summed E-state index contributed by atoms with van der Waals surface area (Å²) in [5.41, 5.74) is 0.525. The van der Waals surface area contributed by atoms with Crippen LogP contribution in [0.1, 0.15) is 46.4 Å². The maximum atomic E-state index is 14.1. The zero-order valence-electron chi connectivity index (χ0n) is 27.9. The van der Waals surface area contributed by atoms with Crippen molar-refractivity contribution < 1.29 is 32.5 Å². The monoisotopic (exact) mass is 685 g/mol. The summed E-state index contributed by atoms with van der Waals surface area (Å²) in [5, 5.41) is 26.4. The van der Waals surface area contributed by atoms with Gasteiger partial charge in [-0.15, -0.1) is 0 Å². The van der Waals surface area contributed by atoms with Crippen LogP contribution >= 0.6 is 0 Å². The average Bonchev–Trinajstić information content (AvgIpc) is 3.63. The maximum Gasteiger partial charge on any atom is 0.268 e. The Morgan fingerprint density at radius 2 is 1.29 bits per heavy atom. The Bertz CT molecular complexity index is 1920. The quantitative estimate of drug-likeness (QED) is 0.191. The van der Waals surface area contributed by atoms with E-state index in [-0.39, 0.29) is 22.2 Å². The van der Waals surface area contributed by atoms with Gasteiger partial charge in [0.25, 0.3) is 18.3 Å². The molecular formula is C38H43NO7SSi. The summed E-state index contributed by atoms with van der Waals surface area (Å²) in [6.07, 6.45) is -4.87. The molecule has 0 unspecified atom stereocenters. The lowest BCUT2D eigenvalue weighted by molar-refractivity contribution is -0.162. The number of aliphatic hydroxyl groups is 2. The lowest BCUT2D eigenvalue weighted by atomic mass is 10.0. The van der Waals surface area contributed by atoms with Crippen LogP contribution in [0.3, 0.4) is 0 Å². The molecule has 0 radical (unpaired) electrons. The van der Waals surface area contributed by atoms with Crippen LogP contribution in [0.25, 0.3) is 10.9 Å².